The number of unbranched alkanes of at least 4 members (excludes halogenated alkanes) is 2. The van der Waals surface area contributed by atoms with Crippen molar-refractivity contribution in [2.24, 2.45) is 0 Å². The Morgan fingerprint density at radius 2 is 0.694 bits per heavy atom. The Labute approximate surface area is 431 Å². The monoisotopic (exact) mass is 1020 g/mol. The standard InChI is InChI=1S/C54H60N6O10S2/c1-4-6-32-71-53-51(68-24-10-22-66-48-15-14-47(42(36-57)43(48)37-58)65-21-9-20-64-46-13-8-12-40(34-55)41(46)35-56)18-19-52(54(53)72-33-7-5-2)69-25-11-23-67-49-16-17-50(45(39-60)44(49)38-59)70-31-30-63-29-28-62-27-26-61-3/h8,12-19H,4-7,9-11,20-33H2,1-3H3. The van der Waals surface area contributed by atoms with Crippen LogP contribution in [0.25, 0.3) is 0 Å². The molecule has 0 bridgehead atoms. The molecule has 0 unspecified atom stereocenters. The molecule has 378 valence electrons. The molecule has 0 aliphatic carbocycles. The lowest BCUT2D eigenvalue weighted by Crippen LogP contribution is -2.13. The summed E-state index contributed by atoms with van der Waals surface area (Å²) >= 11 is 3.48. The van der Waals surface area contributed by atoms with Gasteiger partial charge in [-0.2, -0.15) is 31.6 Å². The Morgan fingerprint density at radius 1 is 0.361 bits per heavy atom. The van der Waals surface area contributed by atoms with Crippen molar-refractivity contribution >= 4 is 23.5 Å². The number of nitriles is 6. The van der Waals surface area contributed by atoms with Gasteiger partial charge in [-0.3, -0.25) is 0 Å². The van der Waals surface area contributed by atoms with Crippen molar-refractivity contribution in [2.45, 2.75) is 68.6 Å². The predicted octanol–water partition coefficient (Wildman–Crippen LogP) is 10.3. The first-order valence-electron chi connectivity index (χ1n) is 23.8. The highest BCUT2D eigenvalue weighted by molar-refractivity contribution is 8.02. The van der Waals surface area contributed by atoms with Gasteiger partial charge in [0.2, 0.25) is 0 Å². The SMILES string of the molecule is CCCCSc1c(OCCCOc2ccc(OCCCOc3cccc(C#N)c3C#N)c(C#N)c2C#N)ccc(OCCCOc2ccc(OCCOCCOCCOC)c(C#N)c2C#N)c1SCCCC. The molecule has 0 spiro atoms. The minimum Gasteiger partial charge on any atom is -0.492 e. The average molecular weight is 1020 g/mol. The largest absolute Gasteiger partial charge is 0.492 e. The fourth-order valence-corrected chi connectivity index (χ4v) is 9.15. The first-order chi connectivity index (χ1) is 35.4. The number of benzene rings is 4. The van der Waals surface area contributed by atoms with Crippen LogP contribution in [0.3, 0.4) is 0 Å². The van der Waals surface area contributed by atoms with E-state index in [2.05, 4.69) is 38.1 Å². The molecular weight excluding hydrogens is 957 g/mol. The molecule has 0 fully saturated rings. The van der Waals surface area contributed by atoms with Gasteiger partial charge in [0.25, 0.3) is 0 Å². The van der Waals surface area contributed by atoms with Gasteiger partial charge in [0.05, 0.1) is 88.0 Å². The molecule has 4 aromatic carbocycles. The Hall–Kier alpha value is -7.00. The van der Waals surface area contributed by atoms with Crippen molar-refractivity contribution < 1.29 is 47.4 Å². The molecule has 0 saturated heterocycles. The first-order valence-corrected chi connectivity index (χ1v) is 25.7. The lowest BCUT2D eigenvalue weighted by molar-refractivity contribution is 0.0179. The van der Waals surface area contributed by atoms with Gasteiger partial charge in [0, 0.05) is 26.4 Å². The summed E-state index contributed by atoms with van der Waals surface area (Å²) in [6, 6.07) is 27.4. The van der Waals surface area contributed by atoms with Crippen molar-refractivity contribution in [1.29, 1.82) is 31.6 Å². The van der Waals surface area contributed by atoms with Crippen LogP contribution < -0.4 is 33.2 Å². The molecule has 0 aliphatic heterocycles. The average Bonchev–Trinajstić information content (AvgIpc) is 3.40. The van der Waals surface area contributed by atoms with Crippen LogP contribution in [-0.4, -0.2) is 97.9 Å². The van der Waals surface area contributed by atoms with E-state index < -0.39 is 0 Å². The molecule has 0 atom stereocenters. The van der Waals surface area contributed by atoms with Crippen LogP contribution in [0.15, 0.2) is 64.4 Å². The summed E-state index contributed by atoms with van der Waals surface area (Å²) < 4.78 is 58.0. The fourth-order valence-electron chi connectivity index (χ4n) is 6.52. The van der Waals surface area contributed by atoms with E-state index in [1.54, 1.807) is 73.1 Å². The zero-order valence-corrected chi connectivity index (χ0v) is 42.8. The van der Waals surface area contributed by atoms with Crippen molar-refractivity contribution in [3.05, 3.63) is 88.0 Å². The fraction of sp³-hybridized carbons (Fsp3) is 0.444. The number of methoxy groups -OCH3 is 1. The van der Waals surface area contributed by atoms with Gasteiger partial charge in [0.1, 0.15) is 111 Å². The van der Waals surface area contributed by atoms with Crippen LogP contribution in [0.2, 0.25) is 0 Å². The number of rotatable bonds is 36. The smallest absolute Gasteiger partial charge is 0.138 e. The molecule has 0 heterocycles. The van der Waals surface area contributed by atoms with E-state index in [-0.39, 0.29) is 96.0 Å². The van der Waals surface area contributed by atoms with E-state index in [0.29, 0.717) is 64.7 Å². The Balaban J connectivity index is 1.32. The third kappa shape index (κ3) is 18.3. The summed E-state index contributed by atoms with van der Waals surface area (Å²) in [5, 5.41) is 58.6. The van der Waals surface area contributed by atoms with E-state index >= 15 is 0 Å². The van der Waals surface area contributed by atoms with E-state index in [9.17, 15) is 31.6 Å². The molecule has 16 nitrogen and oxygen atoms in total. The number of ether oxygens (including phenoxy) is 10. The summed E-state index contributed by atoms with van der Waals surface area (Å²) in [6.45, 7) is 8.12. The molecule has 4 aromatic rings. The van der Waals surface area contributed by atoms with Crippen molar-refractivity contribution in [2.75, 3.05) is 97.9 Å². The maximum atomic E-state index is 10.0. The summed E-state index contributed by atoms with van der Waals surface area (Å²) in [6.07, 6.45) is 5.55. The second-order valence-electron chi connectivity index (χ2n) is 15.3. The Morgan fingerprint density at radius 3 is 1.06 bits per heavy atom. The maximum Gasteiger partial charge on any atom is 0.138 e. The number of hydrogen-bond donors (Lipinski definition) is 0. The van der Waals surface area contributed by atoms with Crippen molar-refractivity contribution in [3.63, 3.8) is 0 Å². The van der Waals surface area contributed by atoms with Gasteiger partial charge >= 0.3 is 0 Å². The third-order valence-electron chi connectivity index (χ3n) is 10.2. The van der Waals surface area contributed by atoms with Gasteiger partial charge < -0.3 is 47.4 Å². The molecular formula is C54H60N6O10S2. The van der Waals surface area contributed by atoms with Crippen LogP contribution in [-0.2, 0) is 14.2 Å². The van der Waals surface area contributed by atoms with Gasteiger partial charge in [-0.05, 0) is 72.9 Å². The van der Waals surface area contributed by atoms with Crippen LogP contribution in [0.5, 0.6) is 40.2 Å². The second kappa shape index (κ2) is 34.3. The molecule has 0 radical (unpaired) electrons. The normalized spacial score (nSPS) is 10.4. The molecule has 0 N–H and O–H groups in total. The molecule has 0 amide bonds. The third-order valence-corrected chi connectivity index (χ3v) is 12.7. The predicted molar refractivity (Wildman–Crippen MR) is 271 cm³/mol. The Kier molecular flexibility index (Phi) is 27.5. The topological polar surface area (TPSA) is 235 Å². The van der Waals surface area contributed by atoms with Crippen molar-refractivity contribution in [1.82, 2.24) is 0 Å². The highest BCUT2D eigenvalue weighted by atomic mass is 32.2. The summed E-state index contributed by atoms with van der Waals surface area (Å²) in [7, 11) is 1.61. The number of thioether (sulfide) groups is 2. The lowest BCUT2D eigenvalue weighted by Gasteiger charge is -2.19. The summed E-state index contributed by atoms with van der Waals surface area (Å²) in [5.74, 6) is 4.66. The lowest BCUT2D eigenvalue weighted by atomic mass is 10.1. The van der Waals surface area contributed by atoms with E-state index in [1.165, 1.54) is 0 Å². The molecule has 4 rings (SSSR count). The van der Waals surface area contributed by atoms with E-state index in [4.69, 9.17) is 47.4 Å². The highest BCUT2D eigenvalue weighted by Gasteiger charge is 2.20. The van der Waals surface area contributed by atoms with Gasteiger partial charge in [0.15, 0.2) is 0 Å². The minimum atomic E-state index is 0.0612. The van der Waals surface area contributed by atoms with Crippen LogP contribution in [0.1, 0.15) is 92.2 Å². The zero-order valence-electron chi connectivity index (χ0n) is 41.1. The van der Waals surface area contributed by atoms with E-state index in [0.717, 1.165) is 58.5 Å². The summed E-state index contributed by atoms with van der Waals surface area (Å²) in [5.41, 5.74) is 0.725. The molecule has 18 heteroatoms. The van der Waals surface area contributed by atoms with Crippen molar-refractivity contribution in [3.8, 4) is 76.7 Å². The van der Waals surface area contributed by atoms with Crippen LogP contribution in [0.4, 0.5) is 0 Å². The Bertz CT molecular complexity index is 2590. The van der Waals surface area contributed by atoms with Gasteiger partial charge in [-0.1, -0.05) is 32.8 Å². The van der Waals surface area contributed by atoms with Gasteiger partial charge in [-0.25, -0.2) is 0 Å². The molecule has 0 aromatic heterocycles. The minimum absolute atomic E-state index is 0.0612. The molecule has 0 aliphatic rings. The highest BCUT2D eigenvalue weighted by Crippen LogP contribution is 2.45. The molecule has 0 saturated carbocycles. The first kappa shape index (κ1) is 57.6. The van der Waals surface area contributed by atoms with Gasteiger partial charge in [-0.15, -0.1) is 23.5 Å². The number of nitrogens with zero attached hydrogens (tertiary/aromatic N) is 6. The van der Waals surface area contributed by atoms with E-state index in [1.807, 2.05) is 24.3 Å². The van der Waals surface area contributed by atoms with Crippen LogP contribution in [0, 0.1) is 68.0 Å². The second-order valence-corrected chi connectivity index (χ2v) is 17.5. The van der Waals surface area contributed by atoms with Crippen LogP contribution >= 0.6 is 23.5 Å². The zero-order chi connectivity index (χ0) is 51.6. The quantitative estimate of drug-likeness (QED) is 0.0304. The summed E-state index contributed by atoms with van der Waals surface area (Å²) in [4.78, 5) is 2.02. The molecule has 72 heavy (non-hydrogen) atoms. The number of hydrogen-bond acceptors (Lipinski definition) is 18. The maximum absolute atomic E-state index is 10.0.